The molecule has 0 radical (unpaired) electrons. The summed E-state index contributed by atoms with van der Waals surface area (Å²) in [7, 11) is 0. The van der Waals surface area contributed by atoms with Crippen LogP contribution in [-0.2, 0) is 6.54 Å². The van der Waals surface area contributed by atoms with E-state index in [0.717, 1.165) is 31.1 Å². The largest absolute Gasteiger partial charge is 0.419 e. The van der Waals surface area contributed by atoms with Crippen molar-refractivity contribution in [2.75, 3.05) is 6.54 Å². The van der Waals surface area contributed by atoms with E-state index in [1.807, 2.05) is 24.3 Å². The summed E-state index contributed by atoms with van der Waals surface area (Å²) in [5.74, 6) is -0.252. The van der Waals surface area contributed by atoms with Crippen LogP contribution in [0, 0.1) is 0 Å². The maximum atomic E-state index is 11.7. The van der Waals surface area contributed by atoms with Crippen molar-refractivity contribution in [3.8, 4) is 0 Å². The number of nitrogens with one attached hydrogen (secondary N) is 1. The molecule has 0 atom stereocenters. The van der Waals surface area contributed by atoms with Crippen molar-refractivity contribution in [1.29, 1.82) is 0 Å². The highest BCUT2D eigenvalue weighted by molar-refractivity contribution is 5.72. The van der Waals surface area contributed by atoms with E-state index in [1.165, 1.54) is 12.8 Å². The summed E-state index contributed by atoms with van der Waals surface area (Å²) < 4.78 is 6.89. The molecule has 4 heteroatoms. The van der Waals surface area contributed by atoms with E-state index in [0.29, 0.717) is 5.58 Å². The van der Waals surface area contributed by atoms with Gasteiger partial charge in [-0.25, -0.2) is 4.79 Å². The van der Waals surface area contributed by atoms with Gasteiger partial charge in [-0.2, -0.15) is 0 Å². The normalized spacial score (nSPS) is 15.5. The number of rotatable bonds is 5. The monoisotopic (exact) mass is 232 g/mol. The zero-order valence-electron chi connectivity index (χ0n) is 9.69. The molecule has 0 aliphatic heterocycles. The predicted molar refractivity (Wildman–Crippen MR) is 66.1 cm³/mol. The third-order valence-corrected chi connectivity index (χ3v) is 3.14. The fourth-order valence-corrected chi connectivity index (χ4v) is 2.06. The van der Waals surface area contributed by atoms with Gasteiger partial charge in [0.25, 0.3) is 0 Å². The third-order valence-electron chi connectivity index (χ3n) is 3.14. The first-order chi connectivity index (χ1) is 8.34. The van der Waals surface area contributed by atoms with E-state index in [9.17, 15) is 4.79 Å². The Kier molecular flexibility index (Phi) is 2.73. The Labute approximate surface area is 99.2 Å². The van der Waals surface area contributed by atoms with Crippen LogP contribution in [-0.4, -0.2) is 17.2 Å². The van der Waals surface area contributed by atoms with Crippen molar-refractivity contribution in [3.63, 3.8) is 0 Å². The molecule has 1 aromatic carbocycles. The molecule has 3 rings (SSSR count). The molecule has 1 saturated carbocycles. The Balaban J connectivity index is 1.70. The van der Waals surface area contributed by atoms with Gasteiger partial charge in [0.1, 0.15) is 0 Å². The first-order valence-electron chi connectivity index (χ1n) is 6.16. The second kappa shape index (κ2) is 4.37. The van der Waals surface area contributed by atoms with E-state index in [-0.39, 0.29) is 5.76 Å². The van der Waals surface area contributed by atoms with Gasteiger partial charge in [-0.3, -0.25) is 4.57 Å². The zero-order chi connectivity index (χ0) is 11.7. The molecule has 0 saturated heterocycles. The van der Waals surface area contributed by atoms with Gasteiger partial charge in [0.15, 0.2) is 5.58 Å². The van der Waals surface area contributed by atoms with Crippen LogP contribution in [0.25, 0.3) is 11.1 Å². The molecule has 90 valence electrons. The quantitative estimate of drug-likeness (QED) is 0.799. The number of oxazole rings is 1. The molecule has 1 heterocycles. The molecule has 0 spiro atoms. The van der Waals surface area contributed by atoms with Crippen LogP contribution in [0.3, 0.4) is 0 Å². The van der Waals surface area contributed by atoms with Gasteiger partial charge in [0.2, 0.25) is 0 Å². The van der Waals surface area contributed by atoms with Crippen LogP contribution < -0.4 is 11.1 Å². The average Bonchev–Trinajstić information content (AvgIpc) is 3.09. The van der Waals surface area contributed by atoms with E-state index < -0.39 is 0 Å². The Morgan fingerprint density at radius 3 is 3.00 bits per heavy atom. The van der Waals surface area contributed by atoms with Crippen LogP contribution >= 0.6 is 0 Å². The molecule has 0 bridgehead atoms. The van der Waals surface area contributed by atoms with Crippen molar-refractivity contribution in [1.82, 2.24) is 9.88 Å². The SMILES string of the molecule is O=c1oc2ccccc2n1CCCNC1CC1. The van der Waals surface area contributed by atoms with Crippen molar-refractivity contribution < 1.29 is 4.42 Å². The lowest BCUT2D eigenvalue weighted by atomic mass is 10.3. The van der Waals surface area contributed by atoms with Gasteiger partial charge in [-0.1, -0.05) is 12.1 Å². The van der Waals surface area contributed by atoms with E-state index >= 15 is 0 Å². The molecule has 0 unspecified atom stereocenters. The lowest BCUT2D eigenvalue weighted by Crippen LogP contribution is -2.21. The Hall–Kier alpha value is -1.55. The van der Waals surface area contributed by atoms with Crippen LogP contribution in [0.5, 0.6) is 0 Å². The zero-order valence-corrected chi connectivity index (χ0v) is 9.69. The number of aromatic nitrogens is 1. The number of aryl methyl sites for hydroxylation is 1. The van der Waals surface area contributed by atoms with E-state index in [1.54, 1.807) is 4.57 Å². The molecule has 17 heavy (non-hydrogen) atoms. The fraction of sp³-hybridized carbons (Fsp3) is 0.462. The number of hydrogen-bond acceptors (Lipinski definition) is 3. The van der Waals surface area contributed by atoms with Gasteiger partial charge in [-0.15, -0.1) is 0 Å². The Morgan fingerprint density at radius 2 is 2.18 bits per heavy atom. The standard InChI is InChI=1S/C13H16N2O2/c16-13-15(9-3-8-14-10-6-7-10)11-4-1-2-5-12(11)17-13/h1-2,4-5,10,14H,3,6-9H2. The molecular formula is C13H16N2O2. The molecule has 1 N–H and O–H groups in total. The summed E-state index contributed by atoms with van der Waals surface area (Å²) in [6, 6.07) is 8.29. The topological polar surface area (TPSA) is 47.2 Å². The Bertz CT molecular complexity index is 566. The lowest BCUT2D eigenvalue weighted by Gasteiger charge is -2.03. The van der Waals surface area contributed by atoms with Gasteiger partial charge < -0.3 is 9.73 Å². The minimum Gasteiger partial charge on any atom is -0.408 e. The average molecular weight is 232 g/mol. The molecule has 0 amide bonds. The summed E-state index contributed by atoms with van der Waals surface area (Å²) in [4.78, 5) is 11.7. The van der Waals surface area contributed by atoms with Gasteiger partial charge in [-0.05, 0) is 37.9 Å². The minimum atomic E-state index is -0.252. The highest BCUT2D eigenvalue weighted by Gasteiger charge is 2.19. The van der Waals surface area contributed by atoms with Crippen molar-refractivity contribution in [3.05, 3.63) is 34.8 Å². The summed E-state index contributed by atoms with van der Waals surface area (Å²) in [6.45, 7) is 1.69. The van der Waals surface area contributed by atoms with E-state index in [2.05, 4.69) is 5.32 Å². The summed E-state index contributed by atoms with van der Waals surface area (Å²) >= 11 is 0. The molecule has 1 aromatic heterocycles. The third kappa shape index (κ3) is 2.26. The number of para-hydroxylation sites is 2. The highest BCUT2D eigenvalue weighted by Crippen LogP contribution is 2.18. The number of nitrogens with zero attached hydrogens (tertiary/aromatic N) is 1. The minimum absolute atomic E-state index is 0.252. The number of hydrogen-bond donors (Lipinski definition) is 1. The Morgan fingerprint density at radius 1 is 1.35 bits per heavy atom. The van der Waals surface area contributed by atoms with Crippen molar-refractivity contribution >= 4 is 11.1 Å². The highest BCUT2D eigenvalue weighted by atomic mass is 16.4. The smallest absolute Gasteiger partial charge is 0.408 e. The molecule has 1 aliphatic rings. The molecule has 1 aliphatic carbocycles. The first-order valence-corrected chi connectivity index (χ1v) is 6.16. The van der Waals surface area contributed by atoms with E-state index in [4.69, 9.17) is 4.42 Å². The summed E-state index contributed by atoms with van der Waals surface area (Å²) in [5.41, 5.74) is 1.57. The predicted octanol–water partition coefficient (Wildman–Crippen LogP) is 1.74. The van der Waals surface area contributed by atoms with Crippen LogP contribution in [0.2, 0.25) is 0 Å². The second-order valence-electron chi connectivity index (χ2n) is 4.57. The lowest BCUT2D eigenvalue weighted by molar-refractivity contribution is 0.490. The van der Waals surface area contributed by atoms with Gasteiger partial charge in [0, 0.05) is 12.6 Å². The number of benzene rings is 1. The maximum absolute atomic E-state index is 11.7. The second-order valence-corrected chi connectivity index (χ2v) is 4.57. The summed E-state index contributed by atoms with van der Waals surface area (Å²) in [5, 5.41) is 3.44. The van der Waals surface area contributed by atoms with Crippen molar-refractivity contribution in [2.24, 2.45) is 0 Å². The summed E-state index contributed by atoms with van der Waals surface area (Å²) in [6.07, 6.45) is 3.56. The van der Waals surface area contributed by atoms with Crippen LogP contribution in [0.15, 0.2) is 33.5 Å². The first kappa shape index (κ1) is 10.6. The maximum Gasteiger partial charge on any atom is 0.419 e. The molecule has 2 aromatic rings. The van der Waals surface area contributed by atoms with Crippen LogP contribution in [0.1, 0.15) is 19.3 Å². The molecule has 4 nitrogen and oxygen atoms in total. The van der Waals surface area contributed by atoms with Gasteiger partial charge in [0.05, 0.1) is 5.52 Å². The number of fused-ring (bicyclic) bond motifs is 1. The molecule has 1 fully saturated rings. The molecular weight excluding hydrogens is 216 g/mol. The van der Waals surface area contributed by atoms with Crippen molar-refractivity contribution in [2.45, 2.75) is 31.8 Å². The van der Waals surface area contributed by atoms with Crippen LogP contribution in [0.4, 0.5) is 0 Å². The van der Waals surface area contributed by atoms with Gasteiger partial charge >= 0.3 is 5.76 Å². The fourth-order valence-electron chi connectivity index (χ4n) is 2.06.